The smallest absolute Gasteiger partial charge is 0.335 e. The third kappa shape index (κ3) is 4.43. The van der Waals surface area contributed by atoms with Crippen molar-refractivity contribution < 1.29 is 19.1 Å². The fourth-order valence-electron chi connectivity index (χ4n) is 2.88. The van der Waals surface area contributed by atoms with Crippen molar-refractivity contribution in [2.24, 2.45) is 0 Å². The van der Waals surface area contributed by atoms with E-state index in [1.807, 2.05) is 26.0 Å². The van der Waals surface area contributed by atoms with E-state index in [1.54, 1.807) is 24.3 Å². The minimum absolute atomic E-state index is 0.132. The van der Waals surface area contributed by atoms with E-state index in [9.17, 15) is 14.4 Å². The summed E-state index contributed by atoms with van der Waals surface area (Å²) in [7, 11) is 0. The summed E-state index contributed by atoms with van der Waals surface area (Å²) < 4.78 is 6.90. The Kier molecular flexibility index (Phi) is 6.54. The third-order valence-electron chi connectivity index (χ3n) is 4.32. The maximum absolute atomic E-state index is 13.0. The quantitative estimate of drug-likeness (QED) is 0.451. The van der Waals surface area contributed by atoms with Crippen LogP contribution in [0.15, 0.2) is 50.9 Å². The third-order valence-corrected chi connectivity index (χ3v) is 5.50. The van der Waals surface area contributed by atoms with Crippen molar-refractivity contribution in [3.63, 3.8) is 0 Å². The molecule has 6 nitrogen and oxygen atoms in total. The van der Waals surface area contributed by atoms with Gasteiger partial charge in [-0.2, -0.15) is 0 Å². The molecular formula is C21H18Br2N2O4. The average molecular weight is 522 g/mol. The highest BCUT2D eigenvalue weighted by atomic mass is 79.9. The van der Waals surface area contributed by atoms with Crippen LogP contribution in [0.3, 0.4) is 0 Å². The molecule has 4 amide bonds. The van der Waals surface area contributed by atoms with E-state index in [1.165, 1.54) is 6.08 Å². The molecule has 2 aromatic carbocycles. The predicted molar refractivity (Wildman–Crippen MR) is 118 cm³/mol. The molecule has 0 atom stereocenters. The Labute approximate surface area is 185 Å². The molecule has 0 saturated carbocycles. The molecule has 1 saturated heterocycles. The molecule has 1 aliphatic rings. The lowest BCUT2D eigenvalue weighted by Gasteiger charge is -2.26. The molecule has 150 valence electrons. The largest absolute Gasteiger partial charge is 0.492 e. The van der Waals surface area contributed by atoms with Crippen molar-refractivity contribution >= 4 is 61.5 Å². The number of aryl methyl sites for hydroxylation is 1. The molecule has 0 unspecified atom stereocenters. The van der Waals surface area contributed by atoms with Gasteiger partial charge in [0.05, 0.1) is 21.2 Å². The van der Waals surface area contributed by atoms with Crippen molar-refractivity contribution in [2.75, 3.05) is 11.5 Å². The number of anilines is 1. The minimum Gasteiger partial charge on any atom is -0.492 e. The fraction of sp³-hybridized carbons (Fsp3) is 0.190. The van der Waals surface area contributed by atoms with Gasteiger partial charge in [0.25, 0.3) is 11.8 Å². The normalized spacial score (nSPS) is 15.7. The van der Waals surface area contributed by atoms with Crippen LogP contribution in [0, 0.1) is 0 Å². The molecule has 0 aliphatic carbocycles. The lowest BCUT2D eigenvalue weighted by atomic mass is 10.1. The van der Waals surface area contributed by atoms with Gasteiger partial charge in [0, 0.05) is 0 Å². The second-order valence-corrected chi connectivity index (χ2v) is 7.93. The van der Waals surface area contributed by atoms with E-state index in [0.29, 0.717) is 32.6 Å². The maximum atomic E-state index is 13.0. The molecule has 0 radical (unpaired) electrons. The number of hydrogen-bond donors (Lipinski definition) is 1. The van der Waals surface area contributed by atoms with Gasteiger partial charge in [0.2, 0.25) is 0 Å². The maximum Gasteiger partial charge on any atom is 0.335 e. The number of hydrogen-bond acceptors (Lipinski definition) is 4. The zero-order valence-electron chi connectivity index (χ0n) is 15.8. The Hall–Kier alpha value is -2.45. The van der Waals surface area contributed by atoms with Crippen LogP contribution in [-0.4, -0.2) is 24.5 Å². The van der Waals surface area contributed by atoms with Gasteiger partial charge in [-0.3, -0.25) is 14.9 Å². The van der Waals surface area contributed by atoms with Crippen LogP contribution in [0.1, 0.15) is 25.0 Å². The molecule has 2 aromatic rings. The first-order valence-corrected chi connectivity index (χ1v) is 10.6. The molecule has 1 heterocycles. The lowest BCUT2D eigenvalue weighted by molar-refractivity contribution is -0.122. The number of halogens is 2. The van der Waals surface area contributed by atoms with Crippen molar-refractivity contribution in [3.8, 4) is 5.75 Å². The Morgan fingerprint density at radius 1 is 1.03 bits per heavy atom. The molecule has 8 heteroatoms. The number of carbonyl (C=O) groups excluding carboxylic acids is 3. The van der Waals surface area contributed by atoms with E-state index in [4.69, 9.17) is 4.74 Å². The van der Waals surface area contributed by atoms with Gasteiger partial charge >= 0.3 is 6.03 Å². The first-order chi connectivity index (χ1) is 13.8. The highest BCUT2D eigenvalue weighted by molar-refractivity contribution is 9.11. The van der Waals surface area contributed by atoms with Gasteiger partial charge in [0.1, 0.15) is 11.3 Å². The second kappa shape index (κ2) is 8.92. The highest BCUT2D eigenvalue weighted by Gasteiger charge is 2.36. The van der Waals surface area contributed by atoms with E-state index in [2.05, 4.69) is 37.2 Å². The summed E-state index contributed by atoms with van der Waals surface area (Å²) in [6.45, 7) is 4.38. The molecule has 3 rings (SSSR count). The van der Waals surface area contributed by atoms with Crippen LogP contribution in [0.25, 0.3) is 6.08 Å². The molecule has 29 heavy (non-hydrogen) atoms. The number of ether oxygens (including phenoxy) is 1. The molecular weight excluding hydrogens is 504 g/mol. The van der Waals surface area contributed by atoms with Crippen LogP contribution in [0.4, 0.5) is 10.5 Å². The van der Waals surface area contributed by atoms with Gasteiger partial charge in [0.15, 0.2) is 0 Å². The summed E-state index contributed by atoms with van der Waals surface area (Å²) in [5.74, 6) is -0.784. The Bertz CT molecular complexity index is 993. The number of imide groups is 2. The monoisotopic (exact) mass is 520 g/mol. The summed E-state index contributed by atoms with van der Waals surface area (Å²) in [6, 6.07) is 9.77. The van der Waals surface area contributed by atoms with Gasteiger partial charge < -0.3 is 4.74 Å². The second-order valence-electron chi connectivity index (χ2n) is 6.22. The van der Waals surface area contributed by atoms with Crippen LogP contribution in [0.5, 0.6) is 5.75 Å². The first kappa shape index (κ1) is 21.3. The number of nitrogens with one attached hydrogen (secondary N) is 1. The van der Waals surface area contributed by atoms with Crippen molar-refractivity contribution in [1.82, 2.24) is 5.32 Å². The highest BCUT2D eigenvalue weighted by Crippen LogP contribution is 2.35. The number of benzene rings is 2. The minimum atomic E-state index is -0.768. The SMILES string of the molecule is CCOc1c(Br)cc(/C=C2/C(=O)NC(=O)N(c3ccc(CC)cc3)C2=O)cc1Br. The van der Waals surface area contributed by atoms with Crippen molar-refractivity contribution in [2.45, 2.75) is 20.3 Å². The van der Waals surface area contributed by atoms with Crippen molar-refractivity contribution in [3.05, 3.63) is 62.0 Å². The summed E-state index contributed by atoms with van der Waals surface area (Å²) >= 11 is 6.86. The molecule has 0 spiro atoms. The number of nitrogens with zero attached hydrogens (tertiary/aromatic N) is 1. The van der Waals surface area contributed by atoms with Crippen LogP contribution in [0.2, 0.25) is 0 Å². The van der Waals surface area contributed by atoms with E-state index in [-0.39, 0.29) is 5.57 Å². The van der Waals surface area contributed by atoms with Crippen LogP contribution in [-0.2, 0) is 16.0 Å². The number of rotatable bonds is 5. The number of amides is 4. The lowest BCUT2D eigenvalue weighted by Crippen LogP contribution is -2.54. The molecule has 1 aliphatic heterocycles. The van der Waals surface area contributed by atoms with Crippen LogP contribution >= 0.6 is 31.9 Å². The number of urea groups is 1. The molecule has 1 fully saturated rings. The van der Waals surface area contributed by atoms with E-state index >= 15 is 0 Å². The average Bonchev–Trinajstić information content (AvgIpc) is 2.68. The van der Waals surface area contributed by atoms with Gasteiger partial charge in [-0.05, 0) is 86.7 Å². The van der Waals surface area contributed by atoms with Crippen molar-refractivity contribution in [1.29, 1.82) is 0 Å². The van der Waals surface area contributed by atoms with E-state index < -0.39 is 17.8 Å². The van der Waals surface area contributed by atoms with Gasteiger partial charge in [-0.1, -0.05) is 19.1 Å². The predicted octanol–water partition coefficient (Wildman–Crippen LogP) is 4.84. The number of barbiturate groups is 1. The zero-order chi connectivity index (χ0) is 21.1. The number of carbonyl (C=O) groups is 3. The summed E-state index contributed by atoms with van der Waals surface area (Å²) in [5.41, 5.74) is 1.94. The fourth-order valence-corrected chi connectivity index (χ4v) is 4.34. The van der Waals surface area contributed by atoms with Gasteiger partial charge in [-0.25, -0.2) is 9.69 Å². The molecule has 1 N–H and O–H groups in total. The zero-order valence-corrected chi connectivity index (χ0v) is 19.0. The summed E-state index contributed by atoms with van der Waals surface area (Å²) in [4.78, 5) is 38.6. The van der Waals surface area contributed by atoms with E-state index in [0.717, 1.165) is 16.9 Å². The Morgan fingerprint density at radius 2 is 1.66 bits per heavy atom. The first-order valence-electron chi connectivity index (χ1n) is 8.98. The Balaban J connectivity index is 1.99. The Morgan fingerprint density at radius 3 is 2.21 bits per heavy atom. The molecule has 0 bridgehead atoms. The topological polar surface area (TPSA) is 75.7 Å². The molecule has 0 aromatic heterocycles. The standard InChI is InChI=1S/C21H18Br2N2O4/c1-3-12-5-7-14(8-6-12)25-20(27)15(19(26)24-21(25)28)9-13-10-16(22)18(29-4-2)17(23)11-13/h5-11H,3-4H2,1-2H3,(H,24,26,28)/b15-9-. The summed E-state index contributed by atoms with van der Waals surface area (Å²) in [5, 5.41) is 2.23. The van der Waals surface area contributed by atoms with Gasteiger partial charge in [-0.15, -0.1) is 0 Å². The van der Waals surface area contributed by atoms with Crippen LogP contribution < -0.4 is 15.0 Å². The summed E-state index contributed by atoms with van der Waals surface area (Å²) in [6.07, 6.45) is 2.29.